The minimum Gasteiger partial charge on any atom is -0.395 e. The zero-order chi connectivity index (χ0) is 13.1. The van der Waals surface area contributed by atoms with Crippen LogP contribution in [0.4, 0.5) is 0 Å². The summed E-state index contributed by atoms with van der Waals surface area (Å²) in [5.74, 6) is -0.175. The van der Waals surface area contributed by atoms with Crippen LogP contribution < -0.4 is 0 Å². The van der Waals surface area contributed by atoms with Gasteiger partial charge in [-0.2, -0.15) is 0 Å². The number of rotatable bonds is 4. The fourth-order valence-electron chi connectivity index (χ4n) is 1.57. The van der Waals surface area contributed by atoms with Crippen molar-refractivity contribution >= 4 is 9.84 Å². The van der Waals surface area contributed by atoms with Crippen LogP contribution >= 0.6 is 0 Å². The Balaban J connectivity index is 2.83. The Labute approximate surface area is 103 Å². The normalized spacial score (nSPS) is 12.7. The molecule has 0 amide bonds. The average Bonchev–Trinajstić information content (AvgIpc) is 2.16. The van der Waals surface area contributed by atoms with Crippen molar-refractivity contribution < 1.29 is 13.5 Å². The third kappa shape index (κ3) is 4.48. The van der Waals surface area contributed by atoms with Gasteiger partial charge < -0.3 is 5.11 Å². The van der Waals surface area contributed by atoms with Crippen LogP contribution in [0.15, 0.2) is 24.3 Å². The molecule has 1 aromatic rings. The van der Waals surface area contributed by atoms with Crippen molar-refractivity contribution in [3.63, 3.8) is 0 Å². The van der Waals surface area contributed by atoms with Crippen LogP contribution in [0.2, 0.25) is 0 Å². The molecule has 0 aliphatic rings. The molecule has 0 spiro atoms. The maximum absolute atomic E-state index is 11.5. The van der Waals surface area contributed by atoms with Crippen molar-refractivity contribution in [1.29, 1.82) is 0 Å². The summed E-state index contributed by atoms with van der Waals surface area (Å²) in [4.78, 5) is 0. The van der Waals surface area contributed by atoms with Gasteiger partial charge in [0.25, 0.3) is 0 Å². The quantitative estimate of drug-likeness (QED) is 0.895. The SMILES string of the molecule is CC(C)(C)c1ccc(CS(=O)(=O)CCO)cc1. The van der Waals surface area contributed by atoms with E-state index < -0.39 is 9.84 Å². The summed E-state index contributed by atoms with van der Waals surface area (Å²) >= 11 is 0. The molecule has 1 N–H and O–H groups in total. The lowest BCUT2D eigenvalue weighted by molar-refractivity contribution is 0.319. The Morgan fingerprint density at radius 3 is 2.06 bits per heavy atom. The summed E-state index contributed by atoms with van der Waals surface area (Å²) in [6, 6.07) is 7.61. The van der Waals surface area contributed by atoms with Gasteiger partial charge >= 0.3 is 0 Å². The molecule has 96 valence electrons. The van der Waals surface area contributed by atoms with Crippen LogP contribution in [-0.4, -0.2) is 25.9 Å². The zero-order valence-corrected chi connectivity index (χ0v) is 11.4. The van der Waals surface area contributed by atoms with E-state index in [1.807, 2.05) is 24.3 Å². The molecule has 0 unspecified atom stereocenters. The molecule has 0 aromatic heterocycles. The van der Waals surface area contributed by atoms with Crippen molar-refractivity contribution in [2.24, 2.45) is 0 Å². The predicted octanol–water partition coefficient (Wildman–Crippen LogP) is 1.89. The Bertz CT molecular complexity index is 452. The second-order valence-electron chi connectivity index (χ2n) is 5.26. The predicted molar refractivity (Wildman–Crippen MR) is 69.7 cm³/mol. The van der Waals surface area contributed by atoms with E-state index in [0.717, 1.165) is 5.56 Å². The minimum atomic E-state index is -3.18. The van der Waals surface area contributed by atoms with Gasteiger partial charge in [0.1, 0.15) is 0 Å². The molecule has 0 aliphatic heterocycles. The molecule has 0 saturated carbocycles. The summed E-state index contributed by atoms with van der Waals surface area (Å²) in [6.07, 6.45) is 0. The van der Waals surface area contributed by atoms with Crippen molar-refractivity contribution in [3.8, 4) is 0 Å². The van der Waals surface area contributed by atoms with Crippen LogP contribution in [-0.2, 0) is 21.0 Å². The van der Waals surface area contributed by atoms with E-state index in [1.165, 1.54) is 5.56 Å². The third-order valence-corrected chi connectivity index (χ3v) is 4.19. The highest BCUT2D eigenvalue weighted by Crippen LogP contribution is 2.22. The smallest absolute Gasteiger partial charge is 0.156 e. The molecule has 0 bridgehead atoms. The number of aliphatic hydroxyl groups excluding tert-OH is 1. The van der Waals surface area contributed by atoms with E-state index >= 15 is 0 Å². The number of hydrogen-bond donors (Lipinski definition) is 1. The number of benzene rings is 1. The first-order valence-electron chi connectivity index (χ1n) is 5.65. The van der Waals surface area contributed by atoms with Crippen molar-refractivity contribution in [2.75, 3.05) is 12.4 Å². The number of aliphatic hydroxyl groups is 1. The second-order valence-corrected chi connectivity index (χ2v) is 7.45. The van der Waals surface area contributed by atoms with E-state index in [2.05, 4.69) is 20.8 Å². The lowest BCUT2D eigenvalue weighted by Gasteiger charge is -2.19. The summed E-state index contributed by atoms with van der Waals surface area (Å²) in [5.41, 5.74) is 2.02. The Kier molecular flexibility index (Phi) is 4.33. The first kappa shape index (κ1) is 14.2. The van der Waals surface area contributed by atoms with Crippen LogP contribution in [0.1, 0.15) is 31.9 Å². The van der Waals surface area contributed by atoms with Gasteiger partial charge in [0, 0.05) is 0 Å². The van der Waals surface area contributed by atoms with Crippen molar-refractivity contribution in [2.45, 2.75) is 31.9 Å². The van der Waals surface area contributed by atoms with Gasteiger partial charge in [-0.3, -0.25) is 0 Å². The van der Waals surface area contributed by atoms with Gasteiger partial charge in [-0.05, 0) is 16.5 Å². The first-order valence-corrected chi connectivity index (χ1v) is 7.47. The molecular formula is C13H20O3S. The van der Waals surface area contributed by atoms with Crippen molar-refractivity contribution in [3.05, 3.63) is 35.4 Å². The van der Waals surface area contributed by atoms with Gasteiger partial charge in [-0.15, -0.1) is 0 Å². The molecule has 1 aromatic carbocycles. The lowest BCUT2D eigenvalue weighted by atomic mass is 9.87. The molecule has 0 aliphatic carbocycles. The summed E-state index contributed by atoms with van der Waals surface area (Å²) in [7, 11) is -3.18. The maximum atomic E-state index is 11.5. The maximum Gasteiger partial charge on any atom is 0.156 e. The number of sulfone groups is 1. The van der Waals surface area contributed by atoms with Crippen LogP contribution in [0.25, 0.3) is 0 Å². The molecule has 1 rings (SSSR count). The highest BCUT2D eigenvalue weighted by atomic mass is 32.2. The number of hydrogen-bond acceptors (Lipinski definition) is 3. The topological polar surface area (TPSA) is 54.4 Å². The molecule has 0 atom stereocenters. The fourth-order valence-corrected chi connectivity index (χ4v) is 2.69. The van der Waals surface area contributed by atoms with E-state index in [9.17, 15) is 8.42 Å². The van der Waals surface area contributed by atoms with E-state index in [4.69, 9.17) is 5.11 Å². The standard InChI is InChI=1S/C13H20O3S/c1-13(2,3)12-6-4-11(5-7-12)10-17(15,16)9-8-14/h4-7,14H,8-10H2,1-3H3. The van der Waals surface area contributed by atoms with Crippen molar-refractivity contribution in [1.82, 2.24) is 0 Å². The summed E-state index contributed by atoms with van der Waals surface area (Å²) in [6.45, 7) is 6.03. The van der Waals surface area contributed by atoms with Crippen LogP contribution in [0, 0.1) is 0 Å². The fraction of sp³-hybridized carbons (Fsp3) is 0.538. The Hall–Kier alpha value is -0.870. The average molecular weight is 256 g/mol. The van der Waals surface area contributed by atoms with E-state index in [0.29, 0.717) is 0 Å². The highest BCUT2D eigenvalue weighted by Gasteiger charge is 2.15. The van der Waals surface area contributed by atoms with Crippen LogP contribution in [0.3, 0.4) is 0 Å². The monoisotopic (exact) mass is 256 g/mol. The Morgan fingerprint density at radius 1 is 1.12 bits per heavy atom. The zero-order valence-electron chi connectivity index (χ0n) is 10.6. The Morgan fingerprint density at radius 2 is 1.65 bits per heavy atom. The summed E-state index contributed by atoms with van der Waals surface area (Å²) < 4.78 is 23.0. The third-order valence-electron chi connectivity index (χ3n) is 2.61. The molecule has 0 radical (unpaired) electrons. The highest BCUT2D eigenvalue weighted by molar-refractivity contribution is 7.90. The molecule has 4 heteroatoms. The van der Waals surface area contributed by atoms with Gasteiger partial charge in [-0.25, -0.2) is 8.42 Å². The van der Waals surface area contributed by atoms with Crippen LogP contribution in [0.5, 0.6) is 0 Å². The largest absolute Gasteiger partial charge is 0.395 e. The molecule has 17 heavy (non-hydrogen) atoms. The first-order chi connectivity index (χ1) is 7.74. The second kappa shape index (κ2) is 5.19. The van der Waals surface area contributed by atoms with E-state index in [-0.39, 0.29) is 23.5 Å². The molecule has 0 fully saturated rings. The van der Waals surface area contributed by atoms with E-state index in [1.54, 1.807) is 0 Å². The minimum absolute atomic E-state index is 0.00200. The molecule has 3 nitrogen and oxygen atoms in total. The van der Waals surface area contributed by atoms with Gasteiger partial charge in [0.05, 0.1) is 18.1 Å². The molecule has 0 saturated heterocycles. The van der Waals surface area contributed by atoms with Gasteiger partial charge in [0.2, 0.25) is 0 Å². The lowest BCUT2D eigenvalue weighted by Crippen LogP contribution is -2.13. The van der Waals surface area contributed by atoms with Gasteiger partial charge in [-0.1, -0.05) is 45.0 Å². The van der Waals surface area contributed by atoms with Gasteiger partial charge in [0.15, 0.2) is 9.84 Å². The molecular weight excluding hydrogens is 236 g/mol. The molecule has 0 heterocycles. The summed E-state index contributed by atoms with van der Waals surface area (Å²) in [5, 5.41) is 8.65.